The molecule has 1 atom stereocenters. The molecule has 3 nitrogen and oxygen atoms in total. The molecule has 18 heavy (non-hydrogen) atoms. The van der Waals surface area contributed by atoms with Crippen LogP contribution in [0, 0.1) is 0 Å². The van der Waals surface area contributed by atoms with Gasteiger partial charge in [0.2, 0.25) is 0 Å². The summed E-state index contributed by atoms with van der Waals surface area (Å²) < 4.78 is 5.09. The van der Waals surface area contributed by atoms with Crippen LogP contribution in [0.1, 0.15) is 17.2 Å². The third-order valence-corrected chi connectivity index (χ3v) is 3.30. The van der Waals surface area contributed by atoms with Gasteiger partial charge in [-0.2, -0.15) is 0 Å². The van der Waals surface area contributed by atoms with Crippen LogP contribution >= 0.6 is 11.6 Å². The minimum absolute atomic E-state index is 0.316. The zero-order valence-corrected chi connectivity index (χ0v) is 10.3. The smallest absolute Gasteiger partial charge is 0.198 e. The van der Waals surface area contributed by atoms with Crippen LogP contribution in [0.15, 0.2) is 53.3 Å². The molecule has 4 heteroatoms. The van der Waals surface area contributed by atoms with Crippen molar-refractivity contribution in [3.63, 3.8) is 0 Å². The number of hydrogen-bond donors (Lipinski definition) is 1. The highest BCUT2D eigenvalue weighted by molar-refractivity contribution is 6.29. The Morgan fingerprint density at radius 2 is 2.00 bits per heavy atom. The fourth-order valence-corrected chi connectivity index (χ4v) is 2.32. The minimum Gasteiger partial charge on any atom is -0.453 e. The summed E-state index contributed by atoms with van der Waals surface area (Å²) in [6, 6.07) is 11.3. The predicted octanol–water partition coefficient (Wildman–Crippen LogP) is 3.53. The Bertz CT molecular complexity index is 688. The quantitative estimate of drug-likeness (QED) is 0.765. The average Bonchev–Trinajstić information content (AvgIpc) is 2.83. The fourth-order valence-electron chi connectivity index (χ4n) is 2.09. The molecule has 0 radical (unpaired) electrons. The number of aromatic nitrogens is 1. The first-order chi connectivity index (χ1) is 8.77. The van der Waals surface area contributed by atoms with Gasteiger partial charge in [-0.3, -0.25) is 4.98 Å². The second kappa shape index (κ2) is 4.44. The van der Waals surface area contributed by atoms with E-state index in [4.69, 9.17) is 21.8 Å². The van der Waals surface area contributed by atoms with Crippen LogP contribution in [0.4, 0.5) is 0 Å². The molecule has 2 aromatic heterocycles. The molecule has 2 N–H and O–H groups in total. The molecule has 1 unspecified atom stereocenters. The van der Waals surface area contributed by atoms with Crippen molar-refractivity contribution in [3.8, 4) is 0 Å². The molecule has 0 spiro atoms. The number of halogens is 1. The van der Waals surface area contributed by atoms with Crippen molar-refractivity contribution in [2.75, 3.05) is 0 Å². The molecule has 0 fully saturated rings. The van der Waals surface area contributed by atoms with E-state index in [0.29, 0.717) is 5.22 Å². The fraction of sp³-hybridized carbons (Fsp3) is 0.0714. The Hall–Kier alpha value is -1.84. The number of nitrogens with zero attached hydrogens (tertiary/aromatic N) is 1. The van der Waals surface area contributed by atoms with Gasteiger partial charge in [-0.1, -0.05) is 18.2 Å². The number of furan rings is 1. The maximum Gasteiger partial charge on any atom is 0.198 e. The highest BCUT2D eigenvalue weighted by atomic mass is 35.5. The number of fused-ring (bicyclic) bond motifs is 1. The maximum atomic E-state index is 6.26. The Morgan fingerprint density at radius 1 is 1.11 bits per heavy atom. The van der Waals surface area contributed by atoms with Crippen LogP contribution in [0.5, 0.6) is 0 Å². The molecule has 0 aliphatic carbocycles. The highest BCUT2D eigenvalue weighted by Gasteiger charge is 2.16. The van der Waals surface area contributed by atoms with Gasteiger partial charge >= 0.3 is 0 Å². The van der Waals surface area contributed by atoms with Gasteiger partial charge in [0.25, 0.3) is 0 Å². The first-order valence-corrected chi connectivity index (χ1v) is 5.97. The maximum absolute atomic E-state index is 6.26. The molecule has 3 rings (SSSR count). The van der Waals surface area contributed by atoms with E-state index in [1.54, 1.807) is 18.5 Å². The van der Waals surface area contributed by atoms with Gasteiger partial charge in [0.05, 0.1) is 17.8 Å². The Kier molecular flexibility index (Phi) is 2.78. The van der Waals surface area contributed by atoms with E-state index in [0.717, 1.165) is 22.0 Å². The SMILES string of the molecule is NC(c1ccoc1Cl)c1cccc2ncccc12. The van der Waals surface area contributed by atoms with Crippen LogP contribution in [0.2, 0.25) is 5.22 Å². The second-order valence-electron chi connectivity index (χ2n) is 4.04. The minimum atomic E-state index is -0.316. The van der Waals surface area contributed by atoms with Crippen LogP contribution < -0.4 is 5.73 Å². The molecule has 0 bridgehead atoms. The Morgan fingerprint density at radius 3 is 2.78 bits per heavy atom. The van der Waals surface area contributed by atoms with Crippen molar-refractivity contribution in [1.82, 2.24) is 4.98 Å². The van der Waals surface area contributed by atoms with Crippen LogP contribution in [-0.4, -0.2) is 4.98 Å². The van der Waals surface area contributed by atoms with E-state index in [1.807, 2.05) is 30.3 Å². The number of pyridine rings is 1. The molecule has 0 amide bonds. The lowest BCUT2D eigenvalue weighted by molar-refractivity contribution is 0.564. The molecule has 0 aliphatic rings. The van der Waals surface area contributed by atoms with E-state index in [2.05, 4.69) is 4.98 Å². The lowest BCUT2D eigenvalue weighted by Crippen LogP contribution is -2.12. The van der Waals surface area contributed by atoms with Gasteiger partial charge in [0.15, 0.2) is 5.22 Å². The third-order valence-electron chi connectivity index (χ3n) is 3.00. The van der Waals surface area contributed by atoms with Crippen LogP contribution in [0.3, 0.4) is 0 Å². The highest BCUT2D eigenvalue weighted by Crippen LogP contribution is 2.30. The van der Waals surface area contributed by atoms with Crippen LogP contribution in [-0.2, 0) is 0 Å². The molecular formula is C14H11ClN2O. The van der Waals surface area contributed by atoms with Crippen molar-refractivity contribution in [1.29, 1.82) is 0 Å². The zero-order chi connectivity index (χ0) is 12.5. The van der Waals surface area contributed by atoms with E-state index in [1.165, 1.54) is 0 Å². The van der Waals surface area contributed by atoms with Gasteiger partial charge in [-0.05, 0) is 35.4 Å². The lowest BCUT2D eigenvalue weighted by atomic mass is 9.98. The molecule has 0 saturated carbocycles. The van der Waals surface area contributed by atoms with Crippen LogP contribution in [0.25, 0.3) is 10.9 Å². The van der Waals surface area contributed by atoms with Gasteiger partial charge in [0, 0.05) is 17.1 Å². The summed E-state index contributed by atoms with van der Waals surface area (Å²) >= 11 is 5.97. The standard InChI is InChI=1S/C14H11ClN2O/c15-14-11(6-8-18-14)13(16)10-3-1-5-12-9(10)4-2-7-17-12/h1-8,13H,16H2. The number of nitrogens with two attached hydrogens (primary N) is 1. The molecule has 2 heterocycles. The third kappa shape index (κ3) is 1.78. The predicted molar refractivity (Wildman–Crippen MR) is 71.5 cm³/mol. The number of hydrogen-bond acceptors (Lipinski definition) is 3. The monoisotopic (exact) mass is 258 g/mol. The van der Waals surface area contributed by atoms with Gasteiger partial charge < -0.3 is 10.2 Å². The van der Waals surface area contributed by atoms with Crippen molar-refractivity contribution >= 4 is 22.5 Å². The first kappa shape index (κ1) is 11.3. The van der Waals surface area contributed by atoms with Gasteiger partial charge in [-0.25, -0.2) is 0 Å². The van der Waals surface area contributed by atoms with Crippen molar-refractivity contribution in [2.45, 2.75) is 6.04 Å². The molecule has 0 saturated heterocycles. The normalized spacial score (nSPS) is 12.8. The lowest BCUT2D eigenvalue weighted by Gasteiger charge is -2.13. The summed E-state index contributed by atoms with van der Waals surface area (Å²) in [6.07, 6.45) is 3.31. The zero-order valence-electron chi connectivity index (χ0n) is 9.51. The summed E-state index contributed by atoms with van der Waals surface area (Å²) in [7, 11) is 0. The van der Waals surface area contributed by atoms with E-state index in [9.17, 15) is 0 Å². The summed E-state index contributed by atoms with van der Waals surface area (Å²) in [5, 5.41) is 1.37. The summed E-state index contributed by atoms with van der Waals surface area (Å²) in [5.41, 5.74) is 8.95. The van der Waals surface area contributed by atoms with Crippen molar-refractivity contribution < 1.29 is 4.42 Å². The molecular weight excluding hydrogens is 248 g/mol. The molecule has 1 aromatic carbocycles. The first-order valence-electron chi connectivity index (χ1n) is 5.59. The summed E-state index contributed by atoms with van der Waals surface area (Å²) in [5.74, 6) is 0. The van der Waals surface area contributed by atoms with E-state index >= 15 is 0 Å². The van der Waals surface area contributed by atoms with Gasteiger partial charge in [-0.15, -0.1) is 0 Å². The summed E-state index contributed by atoms with van der Waals surface area (Å²) in [6.45, 7) is 0. The number of benzene rings is 1. The van der Waals surface area contributed by atoms with E-state index in [-0.39, 0.29) is 6.04 Å². The summed E-state index contributed by atoms with van der Waals surface area (Å²) in [4.78, 5) is 4.32. The second-order valence-corrected chi connectivity index (χ2v) is 4.39. The Balaban J connectivity index is 2.18. The molecule has 90 valence electrons. The number of rotatable bonds is 2. The van der Waals surface area contributed by atoms with E-state index < -0.39 is 0 Å². The Labute approximate surface area is 109 Å². The molecule has 0 aliphatic heterocycles. The van der Waals surface area contributed by atoms with Gasteiger partial charge in [0.1, 0.15) is 0 Å². The average molecular weight is 259 g/mol. The largest absolute Gasteiger partial charge is 0.453 e. The van der Waals surface area contributed by atoms with Crippen molar-refractivity contribution in [3.05, 3.63) is 65.2 Å². The van der Waals surface area contributed by atoms with Crippen molar-refractivity contribution in [2.24, 2.45) is 5.73 Å². The topological polar surface area (TPSA) is 52.0 Å². The molecule has 3 aromatic rings.